The summed E-state index contributed by atoms with van der Waals surface area (Å²) in [4.78, 5) is 2.18. The molecule has 3 nitrogen and oxygen atoms in total. The summed E-state index contributed by atoms with van der Waals surface area (Å²) in [5, 5.41) is 0. The van der Waals surface area contributed by atoms with E-state index in [-0.39, 0.29) is 18.0 Å². The molecular weight excluding hydrogens is 267 g/mol. The number of ether oxygens (including phenoxy) is 1. The molecule has 2 aliphatic rings. The zero-order chi connectivity index (χ0) is 14.7. The van der Waals surface area contributed by atoms with Crippen molar-refractivity contribution in [2.45, 2.75) is 57.1 Å². The Kier molecular flexibility index (Phi) is 4.63. The normalized spacial score (nSPS) is 24.1. The molecular formula is C17H25FN2O. The first-order valence-corrected chi connectivity index (χ1v) is 8.19. The van der Waals surface area contributed by atoms with Crippen LogP contribution in [0.15, 0.2) is 18.2 Å². The van der Waals surface area contributed by atoms with Gasteiger partial charge in [-0.3, -0.25) is 0 Å². The molecule has 2 N–H and O–H groups in total. The Morgan fingerprint density at radius 2 is 1.90 bits per heavy atom. The highest BCUT2D eigenvalue weighted by molar-refractivity contribution is 5.59. The van der Waals surface area contributed by atoms with Gasteiger partial charge in [0.1, 0.15) is 11.6 Å². The van der Waals surface area contributed by atoms with Gasteiger partial charge in [0.2, 0.25) is 0 Å². The van der Waals surface area contributed by atoms with E-state index < -0.39 is 0 Å². The number of nitrogens with zero attached hydrogens (tertiary/aromatic N) is 1. The van der Waals surface area contributed by atoms with Crippen LogP contribution in [0.4, 0.5) is 10.1 Å². The molecule has 1 saturated carbocycles. The Bertz CT molecular complexity index is 474. The molecule has 0 bridgehead atoms. The van der Waals surface area contributed by atoms with Crippen molar-refractivity contribution >= 4 is 5.69 Å². The molecule has 116 valence electrons. The lowest BCUT2D eigenvalue weighted by Crippen LogP contribution is -2.43. The second-order valence-electron chi connectivity index (χ2n) is 6.34. The lowest BCUT2D eigenvalue weighted by atomic mass is 9.98. The lowest BCUT2D eigenvalue weighted by Gasteiger charge is -2.34. The summed E-state index contributed by atoms with van der Waals surface area (Å²) < 4.78 is 19.8. The maximum absolute atomic E-state index is 13.7. The van der Waals surface area contributed by atoms with Gasteiger partial charge in [0.05, 0.1) is 11.8 Å². The molecule has 1 aromatic rings. The van der Waals surface area contributed by atoms with Crippen LogP contribution < -0.4 is 15.4 Å². The number of piperidine rings is 1. The second-order valence-corrected chi connectivity index (χ2v) is 6.34. The van der Waals surface area contributed by atoms with E-state index in [0.717, 1.165) is 50.2 Å². The molecule has 1 aliphatic carbocycles. The first-order chi connectivity index (χ1) is 10.2. The van der Waals surface area contributed by atoms with Crippen molar-refractivity contribution in [3.05, 3.63) is 24.0 Å². The Balaban J connectivity index is 1.78. The van der Waals surface area contributed by atoms with Crippen LogP contribution in [0.1, 0.15) is 44.9 Å². The summed E-state index contributed by atoms with van der Waals surface area (Å²) in [5.41, 5.74) is 6.93. The third kappa shape index (κ3) is 3.67. The van der Waals surface area contributed by atoms with Gasteiger partial charge in [-0.1, -0.05) is 6.42 Å². The molecule has 1 atom stereocenters. The van der Waals surface area contributed by atoms with Crippen LogP contribution in [0.5, 0.6) is 5.75 Å². The fraction of sp³-hybridized carbons (Fsp3) is 0.647. The Labute approximate surface area is 126 Å². The first-order valence-electron chi connectivity index (χ1n) is 8.19. The highest BCUT2D eigenvalue weighted by atomic mass is 19.1. The van der Waals surface area contributed by atoms with Crippen LogP contribution in [0, 0.1) is 5.82 Å². The zero-order valence-corrected chi connectivity index (χ0v) is 12.6. The van der Waals surface area contributed by atoms with Gasteiger partial charge in [-0.2, -0.15) is 0 Å². The van der Waals surface area contributed by atoms with Crippen LogP contribution in [-0.2, 0) is 0 Å². The number of halogens is 1. The van der Waals surface area contributed by atoms with E-state index in [4.69, 9.17) is 10.5 Å². The molecule has 1 aliphatic heterocycles. The van der Waals surface area contributed by atoms with E-state index in [9.17, 15) is 4.39 Å². The zero-order valence-electron chi connectivity index (χ0n) is 12.6. The van der Waals surface area contributed by atoms with E-state index in [0.29, 0.717) is 0 Å². The third-order valence-electron chi connectivity index (χ3n) is 4.57. The maximum atomic E-state index is 13.7. The molecule has 21 heavy (non-hydrogen) atoms. The Morgan fingerprint density at radius 3 is 2.67 bits per heavy atom. The third-order valence-corrected chi connectivity index (χ3v) is 4.57. The van der Waals surface area contributed by atoms with Gasteiger partial charge in [0, 0.05) is 25.2 Å². The van der Waals surface area contributed by atoms with Crippen molar-refractivity contribution < 1.29 is 9.13 Å². The minimum Gasteiger partial charge on any atom is -0.488 e. The molecule has 4 heteroatoms. The first kappa shape index (κ1) is 14.6. The smallest absolute Gasteiger partial charge is 0.143 e. The molecule has 3 rings (SSSR count). The van der Waals surface area contributed by atoms with Gasteiger partial charge in [-0.25, -0.2) is 4.39 Å². The molecule has 1 heterocycles. The van der Waals surface area contributed by atoms with Crippen molar-refractivity contribution in [2.24, 2.45) is 5.73 Å². The second kappa shape index (κ2) is 6.65. The van der Waals surface area contributed by atoms with Gasteiger partial charge in [-0.05, 0) is 50.7 Å². The lowest BCUT2D eigenvalue weighted by molar-refractivity contribution is 0.155. The maximum Gasteiger partial charge on any atom is 0.143 e. The van der Waals surface area contributed by atoms with Crippen molar-refractivity contribution in [3.8, 4) is 5.75 Å². The van der Waals surface area contributed by atoms with Crippen molar-refractivity contribution in [1.29, 1.82) is 0 Å². The average molecular weight is 292 g/mol. The Morgan fingerprint density at radius 1 is 1.10 bits per heavy atom. The predicted molar refractivity (Wildman–Crippen MR) is 83.3 cm³/mol. The molecule has 1 unspecified atom stereocenters. The van der Waals surface area contributed by atoms with Gasteiger partial charge >= 0.3 is 0 Å². The van der Waals surface area contributed by atoms with E-state index in [1.54, 1.807) is 12.1 Å². The molecule has 1 saturated heterocycles. The monoisotopic (exact) mass is 292 g/mol. The number of hydrogen-bond acceptors (Lipinski definition) is 3. The predicted octanol–water partition coefficient (Wildman–Crippen LogP) is 3.46. The number of anilines is 1. The van der Waals surface area contributed by atoms with Crippen LogP contribution in [0.2, 0.25) is 0 Å². The number of benzene rings is 1. The van der Waals surface area contributed by atoms with E-state index in [1.165, 1.54) is 25.3 Å². The number of hydrogen-bond donors (Lipinski definition) is 1. The Hall–Kier alpha value is -1.29. The number of rotatable bonds is 3. The molecule has 1 aromatic carbocycles. The topological polar surface area (TPSA) is 38.5 Å². The van der Waals surface area contributed by atoms with Crippen LogP contribution >= 0.6 is 0 Å². The summed E-state index contributed by atoms with van der Waals surface area (Å²) in [5.74, 6) is 0.609. The fourth-order valence-corrected chi connectivity index (χ4v) is 3.43. The molecule has 2 fully saturated rings. The highest BCUT2D eigenvalue weighted by Crippen LogP contribution is 2.34. The van der Waals surface area contributed by atoms with Gasteiger partial charge < -0.3 is 15.4 Å². The molecule has 0 amide bonds. The quantitative estimate of drug-likeness (QED) is 0.927. The van der Waals surface area contributed by atoms with Crippen molar-refractivity contribution in [1.82, 2.24) is 0 Å². The minimum atomic E-state index is -0.208. The molecule has 0 aromatic heterocycles. The van der Waals surface area contributed by atoms with Crippen molar-refractivity contribution in [3.63, 3.8) is 0 Å². The highest BCUT2D eigenvalue weighted by Gasteiger charge is 2.22. The summed E-state index contributed by atoms with van der Waals surface area (Å²) >= 11 is 0. The number of nitrogens with two attached hydrogens (primary N) is 1. The SMILES string of the molecule is NC1CCCN(c2cc(F)ccc2OC2CCCCC2)C1. The van der Waals surface area contributed by atoms with E-state index >= 15 is 0 Å². The van der Waals surface area contributed by atoms with Crippen LogP contribution in [0.3, 0.4) is 0 Å². The minimum absolute atomic E-state index is 0.171. The van der Waals surface area contributed by atoms with Crippen molar-refractivity contribution in [2.75, 3.05) is 18.0 Å². The summed E-state index contributed by atoms with van der Waals surface area (Å²) in [6.07, 6.45) is 8.36. The molecule has 0 radical (unpaired) electrons. The standard InChI is InChI=1S/C17H25FN2O/c18-13-8-9-17(21-15-6-2-1-3-7-15)16(11-13)20-10-4-5-14(19)12-20/h8-9,11,14-15H,1-7,10,12,19H2. The average Bonchev–Trinajstić information content (AvgIpc) is 2.50. The largest absolute Gasteiger partial charge is 0.488 e. The summed E-state index contributed by atoms with van der Waals surface area (Å²) in [6, 6.07) is 5.03. The summed E-state index contributed by atoms with van der Waals surface area (Å²) in [6.45, 7) is 1.71. The van der Waals surface area contributed by atoms with E-state index in [1.807, 2.05) is 0 Å². The summed E-state index contributed by atoms with van der Waals surface area (Å²) in [7, 11) is 0. The fourth-order valence-electron chi connectivity index (χ4n) is 3.43. The van der Waals surface area contributed by atoms with Gasteiger partial charge in [0.25, 0.3) is 0 Å². The van der Waals surface area contributed by atoms with Crippen LogP contribution in [-0.4, -0.2) is 25.2 Å². The van der Waals surface area contributed by atoms with Gasteiger partial charge in [0.15, 0.2) is 0 Å². The van der Waals surface area contributed by atoms with Gasteiger partial charge in [-0.15, -0.1) is 0 Å². The van der Waals surface area contributed by atoms with E-state index in [2.05, 4.69) is 4.90 Å². The molecule has 0 spiro atoms. The van der Waals surface area contributed by atoms with Crippen LogP contribution in [0.25, 0.3) is 0 Å².